The fraction of sp³-hybridized carbons (Fsp3) is 0.350. The molecule has 0 amide bonds. The molecule has 1 N–H and O–H groups in total. The van der Waals surface area contributed by atoms with Crippen LogP contribution in [0.25, 0.3) is 11.0 Å². The van der Waals surface area contributed by atoms with E-state index < -0.39 is 17.7 Å². The molecule has 0 aliphatic rings. The lowest BCUT2D eigenvalue weighted by Crippen LogP contribution is -2.27. The van der Waals surface area contributed by atoms with Gasteiger partial charge in [-0.1, -0.05) is 12.1 Å². The molecule has 0 aliphatic heterocycles. The number of halogens is 1. The maximum Gasteiger partial charge on any atom is 0.294 e. The van der Waals surface area contributed by atoms with E-state index in [0.29, 0.717) is 36.7 Å². The first-order valence-electron chi connectivity index (χ1n) is 9.29. The minimum absolute atomic E-state index is 0.0119. The fourth-order valence-electron chi connectivity index (χ4n) is 2.73. The van der Waals surface area contributed by atoms with Crippen LogP contribution in [0.3, 0.4) is 0 Å². The second kappa shape index (κ2) is 9.44. The molecule has 0 unspecified atom stereocenters. The molecule has 2 heterocycles. The molecule has 154 valence electrons. The number of pyridine rings is 1. The number of nitrogens with one attached hydrogen (secondary N) is 1. The van der Waals surface area contributed by atoms with Crippen LogP contribution in [-0.2, 0) is 16.5 Å². The molecule has 8 nitrogen and oxygen atoms in total. The number of hydrogen-bond acceptors (Lipinski definition) is 7. The number of fused-ring (bicyclic) bond motifs is 1. The van der Waals surface area contributed by atoms with Crippen LogP contribution in [0.15, 0.2) is 41.3 Å². The number of aryl methyl sites for hydroxylation is 1. The molecule has 0 bridgehead atoms. The quantitative estimate of drug-likeness (QED) is 0.550. The summed E-state index contributed by atoms with van der Waals surface area (Å²) in [5.74, 6) is -0.258. The van der Waals surface area contributed by atoms with E-state index in [0.717, 1.165) is 0 Å². The molecule has 2 aromatic heterocycles. The van der Waals surface area contributed by atoms with Crippen LogP contribution in [0.5, 0.6) is 11.5 Å². The van der Waals surface area contributed by atoms with Crippen molar-refractivity contribution < 1.29 is 18.6 Å². The third kappa shape index (κ3) is 4.87. The predicted molar refractivity (Wildman–Crippen MR) is 107 cm³/mol. The van der Waals surface area contributed by atoms with Crippen LogP contribution in [0.1, 0.15) is 13.8 Å². The van der Waals surface area contributed by atoms with Crippen LogP contribution in [0, 0.1) is 5.82 Å². The summed E-state index contributed by atoms with van der Waals surface area (Å²) in [5.41, 5.74) is -0.0235. The molecular formula is C20H23FN4O4. The second-order valence-electron chi connectivity index (χ2n) is 6.10. The molecule has 0 aliphatic carbocycles. The summed E-state index contributed by atoms with van der Waals surface area (Å²) >= 11 is 0. The Kier molecular flexibility index (Phi) is 6.73. The normalized spacial score (nSPS) is 11.2. The molecule has 1 aromatic carbocycles. The van der Waals surface area contributed by atoms with E-state index in [1.54, 1.807) is 25.4 Å². The van der Waals surface area contributed by atoms with E-state index in [9.17, 15) is 9.18 Å². The first-order chi connectivity index (χ1) is 14.0. The van der Waals surface area contributed by atoms with Crippen molar-refractivity contribution in [1.82, 2.24) is 14.5 Å². The summed E-state index contributed by atoms with van der Waals surface area (Å²) in [5, 5.41) is 3.63. The number of rotatable bonds is 9. The van der Waals surface area contributed by atoms with Gasteiger partial charge in [0.15, 0.2) is 23.6 Å². The Morgan fingerprint density at radius 3 is 2.59 bits per heavy atom. The van der Waals surface area contributed by atoms with Crippen LogP contribution in [-0.4, -0.2) is 40.6 Å². The first-order valence-corrected chi connectivity index (χ1v) is 9.29. The number of nitrogens with zero attached hydrogens (tertiary/aromatic N) is 3. The average molecular weight is 402 g/mol. The number of hydrogen-bond donors (Lipinski definition) is 1. The van der Waals surface area contributed by atoms with Crippen molar-refractivity contribution in [3.05, 3.63) is 52.7 Å². The van der Waals surface area contributed by atoms with E-state index in [1.807, 2.05) is 13.8 Å². The van der Waals surface area contributed by atoms with Gasteiger partial charge in [0.25, 0.3) is 5.56 Å². The SMILES string of the molecule is CCOC(CNc1ncc2cc(Oc3ccccc3F)c(=O)n(C)c2n1)OCC. The lowest BCUT2D eigenvalue weighted by molar-refractivity contribution is -0.126. The summed E-state index contributed by atoms with van der Waals surface area (Å²) in [7, 11) is 1.57. The number of anilines is 1. The van der Waals surface area contributed by atoms with Crippen molar-refractivity contribution >= 4 is 17.0 Å². The van der Waals surface area contributed by atoms with Gasteiger partial charge in [-0.15, -0.1) is 0 Å². The maximum absolute atomic E-state index is 13.8. The standard InChI is InChI=1S/C20H23FN4O4/c1-4-27-17(28-5-2)12-23-20-22-11-13-10-16(19(26)25(3)18(13)24-20)29-15-9-7-6-8-14(15)21/h6-11,17H,4-5,12H2,1-3H3,(H,22,23,24). The Morgan fingerprint density at radius 2 is 1.90 bits per heavy atom. The highest BCUT2D eigenvalue weighted by molar-refractivity contribution is 5.76. The predicted octanol–water partition coefficient (Wildman–Crippen LogP) is 3.07. The van der Waals surface area contributed by atoms with Crippen molar-refractivity contribution in [1.29, 1.82) is 0 Å². The van der Waals surface area contributed by atoms with Gasteiger partial charge >= 0.3 is 0 Å². The van der Waals surface area contributed by atoms with E-state index in [1.165, 1.54) is 22.8 Å². The summed E-state index contributed by atoms with van der Waals surface area (Å²) < 4.78 is 31.6. The number of aromatic nitrogens is 3. The summed E-state index contributed by atoms with van der Waals surface area (Å²) in [6, 6.07) is 7.39. The van der Waals surface area contributed by atoms with Gasteiger partial charge in [-0.25, -0.2) is 9.37 Å². The maximum atomic E-state index is 13.8. The van der Waals surface area contributed by atoms with Gasteiger partial charge in [-0.05, 0) is 32.0 Å². The number of ether oxygens (including phenoxy) is 3. The van der Waals surface area contributed by atoms with Gasteiger partial charge in [-0.3, -0.25) is 9.36 Å². The molecule has 3 aromatic rings. The van der Waals surface area contributed by atoms with Crippen molar-refractivity contribution in [2.45, 2.75) is 20.1 Å². The smallest absolute Gasteiger partial charge is 0.294 e. The van der Waals surface area contributed by atoms with E-state index >= 15 is 0 Å². The Labute approximate surface area is 167 Å². The van der Waals surface area contributed by atoms with Gasteiger partial charge in [0, 0.05) is 31.8 Å². The van der Waals surface area contributed by atoms with Crippen LogP contribution in [0.4, 0.5) is 10.3 Å². The average Bonchev–Trinajstić information content (AvgIpc) is 2.72. The number of para-hydroxylation sites is 1. The van der Waals surface area contributed by atoms with Gasteiger partial charge in [-0.2, -0.15) is 4.98 Å². The minimum atomic E-state index is -0.552. The Bertz CT molecular complexity index is 1030. The molecule has 3 rings (SSSR count). The van der Waals surface area contributed by atoms with E-state index in [4.69, 9.17) is 14.2 Å². The summed E-state index contributed by atoms with van der Waals surface area (Å²) in [6.45, 7) is 5.16. The topological polar surface area (TPSA) is 87.5 Å². The fourth-order valence-corrected chi connectivity index (χ4v) is 2.73. The molecule has 0 radical (unpaired) electrons. The third-order valence-corrected chi connectivity index (χ3v) is 4.10. The number of benzene rings is 1. The zero-order valence-corrected chi connectivity index (χ0v) is 16.5. The molecular weight excluding hydrogens is 379 g/mol. The van der Waals surface area contributed by atoms with Crippen LogP contribution >= 0.6 is 0 Å². The van der Waals surface area contributed by atoms with Crippen molar-refractivity contribution in [2.75, 3.05) is 25.1 Å². The molecule has 29 heavy (non-hydrogen) atoms. The Hall–Kier alpha value is -3.04. The molecule has 0 fully saturated rings. The third-order valence-electron chi connectivity index (χ3n) is 4.10. The largest absolute Gasteiger partial charge is 0.448 e. The highest BCUT2D eigenvalue weighted by Gasteiger charge is 2.14. The highest BCUT2D eigenvalue weighted by atomic mass is 19.1. The summed E-state index contributed by atoms with van der Waals surface area (Å²) in [4.78, 5) is 21.3. The minimum Gasteiger partial charge on any atom is -0.448 e. The monoisotopic (exact) mass is 402 g/mol. The van der Waals surface area contributed by atoms with Gasteiger partial charge in [0.2, 0.25) is 5.95 Å². The van der Waals surface area contributed by atoms with Crippen molar-refractivity contribution in [2.24, 2.45) is 7.05 Å². The van der Waals surface area contributed by atoms with Crippen LogP contribution < -0.4 is 15.6 Å². The van der Waals surface area contributed by atoms with Gasteiger partial charge < -0.3 is 19.5 Å². The molecule has 0 saturated carbocycles. The Balaban J connectivity index is 1.85. The van der Waals surface area contributed by atoms with Crippen LogP contribution in [0.2, 0.25) is 0 Å². The van der Waals surface area contributed by atoms with Gasteiger partial charge in [0.1, 0.15) is 5.65 Å². The van der Waals surface area contributed by atoms with E-state index in [2.05, 4.69) is 15.3 Å². The van der Waals surface area contributed by atoms with E-state index in [-0.39, 0.29) is 11.5 Å². The lowest BCUT2D eigenvalue weighted by atomic mass is 10.3. The molecule has 0 atom stereocenters. The highest BCUT2D eigenvalue weighted by Crippen LogP contribution is 2.24. The zero-order chi connectivity index (χ0) is 20.8. The second-order valence-corrected chi connectivity index (χ2v) is 6.10. The lowest BCUT2D eigenvalue weighted by Gasteiger charge is -2.17. The summed E-state index contributed by atoms with van der Waals surface area (Å²) in [6.07, 6.45) is 1.14. The van der Waals surface area contributed by atoms with Gasteiger partial charge in [0.05, 0.1) is 6.54 Å². The molecule has 9 heteroatoms. The van der Waals surface area contributed by atoms with Crippen molar-refractivity contribution in [3.8, 4) is 11.5 Å². The molecule has 0 saturated heterocycles. The molecule has 0 spiro atoms. The zero-order valence-electron chi connectivity index (χ0n) is 16.5. The Morgan fingerprint density at radius 1 is 1.17 bits per heavy atom. The first kappa shape index (κ1) is 20.7. The van der Waals surface area contributed by atoms with Crippen molar-refractivity contribution in [3.63, 3.8) is 0 Å².